The standard InChI is InChI=1S/C19H18N2O3/c1-13-5-3-4-6-18(13)24-12-19(22)21-15-9-14-7-8-16(23-2)10-17(14)20-11-15/h3-11H,12H2,1-2H3,(H,21,22). The Balaban J connectivity index is 1.66. The highest BCUT2D eigenvalue weighted by Crippen LogP contribution is 2.21. The molecule has 0 atom stereocenters. The average molecular weight is 322 g/mol. The molecule has 0 fully saturated rings. The second-order valence-electron chi connectivity index (χ2n) is 5.38. The molecule has 0 aliphatic heterocycles. The van der Waals surface area contributed by atoms with Crippen molar-refractivity contribution in [1.82, 2.24) is 4.98 Å². The number of fused-ring (bicyclic) bond motifs is 1. The van der Waals surface area contributed by atoms with Gasteiger partial charge in [-0.25, -0.2) is 0 Å². The summed E-state index contributed by atoms with van der Waals surface area (Å²) in [5.41, 5.74) is 2.43. The van der Waals surface area contributed by atoms with Gasteiger partial charge in [0.2, 0.25) is 0 Å². The predicted molar refractivity (Wildman–Crippen MR) is 93.6 cm³/mol. The maximum atomic E-state index is 12.0. The third kappa shape index (κ3) is 3.63. The molecule has 0 spiro atoms. The van der Waals surface area contributed by atoms with Crippen molar-refractivity contribution in [1.29, 1.82) is 0 Å². The van der Waals surface area contributed by atoms with E-state index in [1.54, 1.807) is 13.3 Å². The van der Waals surface area contributed by atoms with Crippen molar-refractivity contribution < 1.29 is 14.3 Å². The molecule has 0 unspecified atom stereocenters. The summed E-state index contributed by atoms with van der Waals surface area (Å²) in [7, 11) is 1.62. The van der Waals surface area contributed by atoms with Crippen LogP contribution < -0.4 is 14.8 Å². The summed E-state index contributed by atoms with van der Waals surface area (Å²) in [6.07, 6.45) is 1.62. The van der Waals surface area contributed by atoms with Crippen molar-refractivity contribution in [3.05, 3.63) is 60.3 Å². The van der Waals surface area contributed by atoms with Crippen LogP contribution in [0, 0.1) is 6.92 Å². The van der Waals surface area contributed by atoms with Crippen LogP contribution in [-0.2, 0) is 4.79 Å². The van der Waals surface area contributed by atoms with Crippen LogP contribution in [0.1, 0.15) is 5.56 Å². The molecule has 5 nitrogen and oxygen atoms in total. The number of carbonyl (C=O) groups excluding carboxylic acids is 1. The number of methoxy groups -OCH3 is 1. The number of nitrogens with one attached hydrogen (secondary N) is 1. The molecule has 0 saturated heterocycles. The van der Waals surface area contributed by atoms with E-state index >= 15 is 0 Å². The van der Waals surface area contributed by atoms with E-state index in [0.29, 0.717) is 11.4 Å². The molecule has 1 aromatic heterocycles. The number of aryl methyl sites for hydroxylation is 1. The number of carbonyl (C=O) groups is 1. The molecule has 1 N–H and O–H groups in total. The maximum Gasteiger partial charge on any atom is 0.262 e. The lowest BCUT2D eigenvalue weighted by Gasteiger charge is -2.10. The first-order chi connectivity index (χ1) is 11.7. The van der Waals surface area contributed by atoms with E-state index in [2.05, 4.69) is 10.3 Å². The van der Waals surface area contributed by atoms with Gasteiger partial charge in [-0.05, 0) is 36.8 Å². The number of ether oxygens (including phenoxy) is 2. The lowest BCUT2D eigenvalue weighted by molar-refractivity contribution is -0.118. The molecule has 2 aromatic carbocycles. The van der Waals surface area contributed by atoms with Gasteiger partial charge in [0.1, 0.15) is 11.5 Å². The number of hydrogen-bond donors (Lipinski definition) is 1. The second kappa shape index (κ2) is 7.00. The van der Waals surface area contributed by atoms with Gasteiger partial charge in [0.15, 0.2) is 6.61 Å². The molecular weight excluding hydrogens is 304 g/mol. The predicted octanol–water partition coefficient (Wildman–Crippen LogP) is 3.57. The van der Waals surface area contributed by atoms with Crippen molar-refractivity contribution in [2.75, 3.05) is 19.0 Å². The third-order valence-corrected chi connectivity index (χ3v) is 3.63. The quantitative estimate of drug-likeness (QED) is 0.780. The first kappa shape index (κ1) is 15.8. The number of aromatic nitrogens is 1. The Morgan fingerprint density at radius 1 is 1.17 bits per heavy atom. The highest BCUT2D eigenvalue weighted by atomic mass is 16.5. The maximum absolute atomic E-state index is 12.0. The van der Waals surface area contributed by atoms with Crippen LogP contribution in [0.4, 0.5) is 5.69 Å². The van der Waals surface area contributed by atoms with E-state index in [4.69, 9.17) is 9.47 Å². The molecule has 0 bridgehead atoms. The number of para-hydroxylation sites is 1. The fourth-order valence-electron chi connectivity index (χ4n) is 2.36. The highest BCUT2D eigenvalue weighted by molar-refractivity contribution is 5.94. The van der Waals surface area contributed by atoms with Gasteiger partial charge in [-0.2, -0.15) is 0 Å². The summed E-state index contributed by atoms with van der Waals surface area (Å²) in [6.45, 7) is 1.89. The Morgan fingerprint density at radius 2 is 2.00 bits per heavy atom. The number of pyridine rings is 1. The number of rotatable bonds is 5. The minimum absolute atomic E-state index is 0.0501. The number of nitrogens with zero attached hydrogens (tertiary/aromatic N) is 1. The van der Waals surface area contributed by atoms with Gasteiger partial charge < -0.3 is 14.8 Å². The Labute approximate surface area is 140 Å². The van der Waals surface area contributed by atoms with Crippen LogP contribution in [0.3, 0.4) is 0 Å². The first-order valence-electron chi connectivity index (χ1n) is 7.58. The monoisotopic (exact) mass is 322 g/mol. The van der Waals surface area contributed by atoms with E-state index in [-0.39, 0.29) is 12.5 Å². The number of amides is 1. The molecule has 122 valence electrons. The normalized spacial score (nSPS) is 10.4. The molecule has 0 saturated carbocycles. The van der Waals surface area contributed by atoms with Crippen LogP contribution in [0.25, 0.3) is 10.9 Å². The van der Waals surface area contributed by atoms with Gasteiger partial charge in [-0.15, -0.1) is 0 Å². The van der Waals surface area contributed by atoms with E-state index in [9.17, 15) is 4.79 Å². The summed E-state index contributed by atoms with van der Waals surface area (Å²) in [5.74, 6) is 1.22. The van der Waals surface area contributed by atoms with E-state index in [0.717, 1.165) is 22.2 Å². The minimum atomic E-state index is -0.229. The van der Waals surface area contributed by atoms with Crippen molar-refractivity contribution >= 4 is 22.5 Å². The third-order valence-electron chi connectivity index (χ3n) is 3.63. The second-order valence-corrected chi connectivity index (χ2v) is 5.38. The van der Waals surface area contributed by atoms with Crippen molar-refractivity contribution in [3.8, 4) is 11.5 Å². The zero-order valence-corrected chi connectivity index (χ0v) is 13.6. The molecular formula is C19H18N2O3. The average Bonchev–Trinajstić information content (AvgIpc) is 2.60. The van der Waals surface area contributed by atoms with Crippen LogP contribution >= 0.6 is 0 Å². The van der Waals surface area contributed by atoms with E-state index in [1.807, 2.05) is 55.5 Å². The molecule has 24 heavy (non-hydrogen) atoms. The highest BCUT2D eigenvalue weighted by Gasteiger charge is 2.07. The molecule has 0 aliphatic carbocycles. The summed E-state index contributed by atoms with van der Waals surface area (Å²) in [5, 5.41) is 3.72. The van der Waals surface area contributed by atoms with E-state index in [1.165, 1.54) is 0 Å². The van der Waals surface area contributed by atoms with Crippen molar-refractivity contribution in [2.45, 2.75) is 6.92 Å². The van der Waals surface area contributed by atoms with E-state index < -0.39 is 0 Å². The lowest BCUT2D eigenvalue weighted by atomic mass is 10.2. The van der Waals surface area contributed by atoms with Gasteiger partial charge in [0, 0.05) is 11.5 Å². The fraction of sp³-hybridized carbons (Fsp3) is 0.158. The van der Waals surface area contributed by atoms with Crippen molar-refractivity contribution in [3.63, 3.8) is 0 Å². The molecule has 1 amide bonds. The topological polar surface area (TPSA) is 60.5 Å². The first-order valence-corrected chi connectivity index (χ1v) is 7.58. The molecule has 5 heteroatoms. The molecule has 3 aromatic rings. The zero-order valence-electron chi connectivity index (χ0n) is 13.6. The minimum Gasteiger partial charge on any atom is -0.497 e. The van der Waals surface area contributed by atoms with Gasteiger partial charge in [0.05, 0.1) is 24.5 Å². The van der Waals surface area contributed by atoms with Gasteiger partial charge >= 0.3 is 0 Å². The van der Waals surface area contributed by atoms with Gasteiger partial charge in [0.25, 0.3) is 5.91 Å². The Hall–Kier alpha value is -3.08. The number of benzene rings is 2. The Morgan fingerprint density at radius 3 is 2.79 bits per heavy atom. The van der Waals surface area contributed by atoms with Crippen molar-refractivity contribution in [2.24, 2.45) is 0 Å². The summed E-state index contributed by atoms with van der Waals surface area (Å²) < 4.78 is 10.7. The fourth-order valence-corrected chi connectivity index (χ4v) is 2.36. The molecule has 1 heterocycles. The van der Waals surface area contributed by atoms with Crippen LogP contribution in [0.5, 0.6) is 11.5 Å². The van der Waals surface area contributed by atoms with Gasteiger partial charge in [-0.3, -0.25) is 9.78 Å². The SMILES string of the molecule is COc1ccc2cc(NC(=O)COc3ccccc3C)cnc2c1. The molecule has 0 aliphatic rings. The van der Waals surface area contributed by atoms with Crippen LogP contribution in [0.2, 0.25) is 0 Å². The smallest absolute Gasteiger partial charge is 0.262 e. The van der Waals surface area contributed by atoms with Gasteiger partial charge in [-0.1, -0.05) is 18.2 Å². The summed E-state index contributed by atoms with van der Waals surface area (Å²) >= 11 is 0. The molecule has 3 rings (SSSR count). The largest absolute Gasteiger partial charge is 0.497 e. The zero-order chi connectivity index (χ0) is 16.9. The molecule has 0 radical (unpaired) electrons. The lowest BCUT2D eigenvalue weighted by Crippen LogP contribution is -2.20. The summed E-state index contributed by atoms with van der Waals surface area (Å²) in [4.78, 5) is 16.4. The number of anilines is 1. The summed E-state index contributed by atoms with van der Waals surface area (Å²) in [6, 6.07) is 15.1. The van der Waals surface area contributed by atoms with Crippen LogP contribution in [0.15, 0.2) is 54.7 Å². The van der Waals surface area contributed by atoms with Crippen LogP contribution in [-0.4, -0.2) is 24.6 Å². The number of hydrogen-bond acceptors (Lipinski definition) is 4. The Bertz CT molecular complexity index is 877. The Kier molecular flexibility index (Phi) is 4.61.